The topological polar surface area (TPSA) is 24.5 Å². The molecule has 21 heavy (non-hydrogen) atoms. The van der Waals surface area contributed by atoms with E-state index < -0.39 is 0 Å². The van der Waals surface area contributed by atoms with Crippen LogP contribution in [0.5, 0.6) is 0 Å². The van der Waals surface area contributed by atoms with Crippen LogP contribution in [0.4, 0.5) is 0 Å². The third-order valence-electron chi connectivity index (χ3n) is 6.21. The summed E-state index contributed by atoms with van der Waals surface area (Å²) in [6, 6.07) is 0.703. The van der Waals surface area contributed by atoms with Crippen LogP contribution in [-0.4, -0.2) is 48.8 Å². The molecule has 3 fully saturated rings. The molecule has 1 spiro atoms. The zero-order valence-corrected chi connectivity index (χ0v) is 14.2. The van der Waals surface area contributed by atoms with E-state index in [1.165, 1.54) is 58.2 Å². The Balaban J connectivity index is 1.68. The number of ether oxygens (including phenoxy) is 1. The Hall–Kier alpha value is -0.120. The monoisotopic (exact) mass is 294 g/mol. The number of nitrogens with zero attached hydrogens (tertiary/aromatic N) is 1. The standard InChI is InChI=1S/C18H34N2O/c1-4-17-15(7-10-21-17)12-20-13-18(8-5-6-9-18)19-11-16(20)14(2)3/h14-17,19H,4-13H2,1-3H3. The van der Waals surface area contributed by atoms with E-state index in [2.05, 4.69) is 31.0 Å². The van der Waals surface area contributed by atoms with Crippen LogP contribution in [0.1, 0.15) is 59.3 Å². The van der Waals surface area contributed by atoms with Crippen molar-refractivity contribution in [3.05, 3.63) is 0 Å². The van der Waals surface area contributed by atoms with Gasteiger partial charge in [0.15, 0.2) is 0 Å². The number of hydrogen-bond acceptors (Lipinski definition) is 3. The van der Waals surface area contributed by atoms with E-state index in [1.807, 2.05) is 0 Å². The van der Waals surface area contributed by atoms with E-state index in [0.29, 0.717) is 17.7 Å². The highest BCUT2D eigenvalue weighted by Crippen LogP contribution is 2.35. The Morgan fingerprint density at radius 1 is 1.29 bits per heavy atom. The molecule has 3 unspecified atom stereocenters. The molecular formula is C18H34N2O. The van der Waals surface area contributed by atoms with Gasteiger partial charge in [-0.2, -0.15) is 0 Å². The fourth-order valence-electron chi connectivity index (χ4n) is 4.91. The van der Waals surface area contributed by atoms with E-state index >= 15 is 0 Å². The van der Waals surface area contributed by atoms with Crippen molar-refractivity contribution in [2.75, 3.05) is 26.2 Å². The first-order valence-corrected chi connectivity index (χ1v) is 9.24. The number of piperazine rings is 1. The van der Waals surface area contributed by atoms with Crippen molar-refractivity contribution in [3.8, 4) is 0 Å². The summed E-state index contributed by atoms with van der Waals surface area (Å²) in [6.45, 7) is 11.7. The van der Waals surface area contributed by atoms with E-state index in [4.69, 9.17) is 4.74 Å². The quantitative estimate of drug-likeness (QED) is 0.862. The molecule has 1 saturated carbocycles. The minimum atomic E-state index is 0.437. The zero-order valence-electron chi connectivity index (χ0n) is 14.2. The van der Waals surface area contributed by atoms with Crippen molar-refractivity contribution in [2.24, 2.45) is 11.8 Å². The van der Waals surface area contributed by atoms with Crippen LogP contribution in [0.25, 0.3) is 0 Å². The minimum Gasteiger partial charge on any atom is -0.378 e. The fraction of sp³-hybridized carbons (Fsp3) is 1.00. The molecule has 3 aliphatic rings. The number of rotatable bonds is 4. The maximum atomic E-state index is 5.93. The average molecular weight is 294 g/mol. The molecule has 3 heteroatoms. The largest absolute Gasteiger partial charge is 0.378 e. The second-order valence-corrected chi connectivity index (χ2v) is 7.98. The van der Waals surface area contributed by atoms with Gasteiger partial charge in [0.1, 0.15) is 0 Å². The SMILES string of the molecule is CCC1OCCC1CN1CC2(CCCC2)NCC1C(C)C. The van der Waals surface area contributed by atoms with Crippen LogP contribution in [0.2, 0.25) is 0 Å². The zero-order chi connectivity index (χ0) is 14.9. The molecule has 2 saturated heterocycles. The smallest absolute Gasteiger partial charge is 0.0613 e. The molecule has 2 heterocycles. The highest BCUT2D eigenvalue weighted by atomic mass is 16.5. The maximum Gasteiger partial charge on any atom is 0.0613 e. The third-order valence-corrected chi connectivity index (χ3v) is 6.21. The number of nitrogens with one attached hydrogen (secondary N) is 1. The lowest BCUT2D eigenvalue weighted by Gasteiger charge is -2.49. The third kappa shape index (κ3) is 3.30. The van der Waals surface area contributed by atoms with Gasteiger partial charge in [-0.15, -0.1) is 0 Å². The Bertz CT molecular complexity index is 338. The molecular weight excluding hydrogens is 260 g/mol. The van der Waals surface area contributed by atoms with Gasteiger partial charge in [-0.1, -0.05) is 33.6 Å². The Morgan fingerprint density at radius 3 is 2.71 bits per heavy atom. The second kappa shape index (κ2) is 6.55. The van der Waals surface area contributed by atoms with Gasteiger partial charge in [-0.3, -0.25) is 4.90 Å². The van der Waals surface area contributed by atoms with Crippen LogP contribution in [0, 0.1) is 11.8 Å². The van der Waals surface area contributed by atoms with Crippen LogP contribution < -0.4 is 5.32 Å². The molecule has 3 nitrogen and oxygen atoms in total. The van der Waals surface area contributed by atoms with Gasteiger partial charge in [0.2, 0.25) is 0 Å². The lowest BCUT2D eigenvalue weighted by Crippen LogP contribution is -2.65. The molecule has 0 amide bonds. The molecule has 0 radical (unpaired) electrons. The van der Waals surface area contributed by atoms with E-state index in [0.717, 1.165) is 18.4 Å². The van der Waals surface area contributed by atoms with Crippen LogP contribution in [0.3, 0.4) is 0 Å². The van der Waals surface area contributed by atoms with Gasteiger partial charge in [-0.05, 0) is 37.5 Å². The van der Waals surface area contributed by atoms with E-state index in [1.54, 1.807) is 0 Å². The van der Waals surface area contributed by atoms with Gasteiger partial charge in [0.25, 0.3) is 0 Å². The summed E-state index contributed by atoms with van der Waals surface area (Å²) in [5, 5.41) is 3.93. The first-order chi connectivity index (χ1) is 10.1. The molecule has 1 aliphatic carbocycles. The van der Waals surface area contributed by atoms with Gasteiger partial charge in [-0.25, -0.2) is 0 Å². The van der Waals surface area contributed by atoms with Gasteiger partial charge < -0.3 is 10.1 Å². The molecule has 0 aromatic rings. The van der Waals surface area contributed by atoms with Crippen molar-refractivity contribution in [1.82, 2.24) is 10.2 Å². The molecule has 3 rings (SSSR count). The summed E-state index contributed by atoms with van der Waals surface area (Å²) in [7, 11) is 0. The Morgan fingerprint density at radius 2 is 2.05 bits per heavy atom. The summed E-state index contributed by atoms with van der Waals surface area (Å²) in [6.07, 6.45) is 8.54. The Labute approximate surface area is 130 Å². The second-order valence-electron chi connectivity index (χ2n) is 7.98. The maximum absolute atomic E-state index is 5.93. The first kappa shape index (κ1) is 15.8. The lowest BCUT2D eigenvalue weighted by molar-refractivity contribution is 0.0239. The lowest BCUT2D eigenvalue weighted by atomic mass is 9.87. The summed E-state index contributed by atoms with van der Waals surface area (Å²) in [5.41, 5.74) is 0.437. The minimum absolute atomic E-state index is 0.437. The molecule has 122 valence electrons. The highest BCUT2D eigenvalue weighted by Gasteiger charge is 2.43. The van der Waals surface area contributed by atoms with Crippen molar-refractivity contribution in [3.63, 3.8) is 0 Å². The van der Waals surface area contributed by atoms with Gasteiger partial charge in [0.05, 0.1) is 6.10 Å². The molecule has 0 aromatic carbocycles. The predicted molar refractivity (Wildman–Crippen MR) is 87.5 cm³/mol. The Kier molecular flexibility index (Phi) is 4.92. The van der Waals surface area contributed by atoms with Crippen LogP contribution in [0.15, 0.2) is 0 Å². The highest BCUT2D eigenvalue weighted by molar-refractivity contribution is 5.02. The molecule has 0 aromatic heterocycles. The van der Waals surface area contributed by atoms with E-state index in [-0.39, 0.29) is 0 Å². The summed E-state index contributed by atoms with van der Waals surface area (Å²) < 4.78 is 5.93. The van der Waals surface area contributed by atoms with E-state index in [9.17, 15) is 0 Å². The summed E-state index contributed by atoms with van der Waals surface area (Å²) in [4.78, 5) is 2.83. The molecule has 3 atom stereocenters. The predicted octanol–water partition coefficient (Wildman–Crippen LogP) is 3.04. The number of hydrogen-bond donors (Lipinski definition) is 1. The van der Waals surface area contributed by atoms with Crippen molar-refractivity contribution < 1.29 is 4.74 Å². The summed E-state index contributed by atoms with van der Waals surface area (Å²) >= 11 is 0. The van der Waals surface area contributed by atoms with Crippen LogP contribution >= 0.6 is 0 Å². The van der Waals surface area contributed by atoms with Gasteiger partial charge in [0, 0.05) is 37.8 Å². The first-order valence-electron chi connectivity index (χ1n) is 9.24. The van der Waals surface area contributed by atoms with Crippen LogP contribution in [-0.2, 0) is 4.74 Å². The summed E-state index contributed by atoms with van der Waals surface area (Å²) in [5.74, 6) is 1.49. The van der Waals surface area contributed by atoms with Crippen molar-refractivity contribution in [2.45, 2.75) is 77.0 Å². The molecule has 2 aliphatic heterocycles. The van der Waals surface area contributed by atoms with Crippen molar-refractivity contribution >= 4 is 0 Å². The fourth-order valence-corrected chi connectivity index (χ4v) is 4.91. The van der Waals surface area contributed by atoms with Gasteiger partial charge >= 0.3 is 0 Å². The molecule has 0 bridgehead atoms. The average Bonchev–Trinajstić information content (AvgIpc) is 3.08. The van der Waals surface area contributed by atoms with Crippen molar-refractivity contribution in [1.29, 1.82) is 0 Å². The normalized spacial score (nSPS) is 36.9. The molecule has 1 N–H and O–H groups in total.